The van der Waals surface area contributed by atoms with Crippen LogP contribution in [0.2, 0.25) is 0 Å². The van der Waals surface area contributed by atoms with E-state index in [4.69, 9.17) is 16.3 Å². The molecule has 1 nitrogen and oxygen atoms in total. The molecule has 1 rings (SSSR count). The van der Waals surface area contributed by atoms with Crippen molar-refractivity contribution >= 4 is 11.6 Å². The Morgan fingerprint density at radius 2 is 2.23 bits per heavy atom. The van der Waals surface area contributed by atoms with Gasteiger partial charge < -0.3 is 4.74 Å². The molecule has 1 aliphatic heterocycles. The summed E-state index contributed by atoms with van der Waals surface area (Å²) >= 11 is 6.01. The van der Waals surface area contributed by atoms with Crippen LogP contribution in [0.25, 0.3) is 0 Å². The molecule has 0 aromatic heterocycles. The van der Waals surface area contributed by atoms with E-state index in [1.807, 2.05) is 0 Å². The van der Waals surface area contributed by atoms with Gasteiger partial charge in [0, 0.05) is 12.0 Å². The summed E-state index contributed by atoms with van der Waals surface area (Å²) in [6.45, 7) is 7.59. The van der Waals surface area contributed by atoms with E-state index in [2.05, 4.69) is 20.8 Å². The number of halogens is 1. The minimum absolute atomic E-state index is 0.274. The van der Waals surface area contributed by atoms with Crippen LogP contribution in [0.4, 0.5) is 0 Å². The van der Waals surface area contributed by atoms with Gasteiger partial charge in [0.25, 0.3) is 0 Å². The van der Waals surface area contributed by atoms with Crippen molar-refractivity contribution < 1.29 is 4.74 Å². The lowest BCUT2D eigenvalue weighted by Crippen LogP contribution is -2.22. The van der Waals surface area contributed by atoms with Gasteiger partial charge in [-0.15, -0.1) is 11.6 Å². The highest BCUT2D eigenvalue weighted by molar-refractivity contribution is 6.20. The van der Waals surface area contributed by atoms with Crippen molar-refractivity contribution in [1.82, 2.24) is 0 Å². The highest BCUT2D eigenvalue weighted by Gasteiger charge is 2.27. The van der Waals surface area contributed by atoms with Crippen molar-refractivity contribution in [3.05, 3.63) is 0 Å². The van der Waals surface area contributed by atoms with Gasteiger partial charge in [-0.25, -0.2) is 0 Å². The second-order valence-corrected chi connectivity index (χ2v) is 5.73. The molecule has 0 saturated carbocycles. The minimum atomic E-state index is 0.274. The molecule has 0 aliphatic carbocycles. The van der Waals surface area contributed by atoms with Crippen LogP contribution in [-0.4, -0.2) is 18.1 Å². The molecule has 2 atom stereocenters. The van der Waals surface area contributed by atoms with E-state index in [9.17, 15) is 0 Å². The van der Waals surface area contributed by atoms with Crippen molar-refractivity contribution in [2.75, 3.05) is 6.61 Å². The standard InChI is InChI=1S/C11H21ClO/c1-9(12)7-11(2,3)8-10-5-4-6-13-10/h9-10H,4-8H2,1-3H3. The topological polar surface area (TPSA) is 9.23 Å². The van der Waals surface area contributed by atoms with Crippen LogP contribution >= 0.6 is 11.6 Å². The zero-order valence-electron chi connectivity index (χ0n) is 8.98. The molecular weight excluding hydrogens is 184 g/mol. The Morgan fingerprint density at radius 3 is 2.69 bits per heavy atom. The van der Waals surface area contributed by atoms with Crippen LogP contribution in [-0.2, 0) is 4.74 Å². The summed E-state index contributed by atoms with van der Waals surface area (Å²) in [4.78, 5) is 0. The second kappa shape index (κ2) is 4.65. The number of hydrogen-bond acceptors (Lipinski definition) is 1. The van der Waals surface area contributed by atoms with Gasteiger partial charge in [-0.05, 0) is 38.0 Å². The van der Waals surface area contributed by atoms with E-state index in [0.29, 0.717) is 11.5 Å². The molecule has 1 saturated heterocycles. The average Bonchev–Trinajstić information content (AvgIpc) is 2.34. The maximum Gasteiger partial charge on any atom is 0.0581 e. The zero-order chi connectivity index (χ0) is 9.90. The summed E-state index contributed by atoms with van der Waals surface area (Å²) in [5.74, 6) is 0. The maximum atomic E-state index is 6.01. The van der Waals surface area contributed by atoms with Crippen molar-refractivity contribution in [2.45, 2.75) is 57.9 Å². The van der Waals surface area contributed by atoms with Crippen molar-refractivity contribution in [3.63, 3.8) is 0 Å². The largest absolute Gasteiger partial charge is 0.378 e. The van der Waals surface area contributed by atoms with Gasteiger partial charge in [0.1, 0.15) is 0 Å². The second-order valence-electron chi connectivity index (χ2n) is 4.99. The fraction of sp³-hybridized carbons (Fsp3) is 1.00. The smallest absolute Gasteiger partial charge is 0.0581 e. The number of alkyl halides is 1. The summed E-state index contributed by atoms with van der Waals surface area (Å²) in [5.41, 5.74) is 0.330. The van der Waals surface area contributed by atoms with Crippen molar-refractivity contribution in [2.24, 2.45) is 5.41 Å². The van der Waals surface area contributed by atoms with Gasteiger partial charge in [0.2, 0.25) is 0 Å². The molecule has 0 bridgehead atoms. The molecule has 0 N–H and O–H groups in total. The fourth-order valence-electron chi connectivity index (χ4n) is 2.27. The molecule has 2 unspecified atom stereocenters. The Balaban J connectivity index is 2.31. The third-order valence-electron chi connectivity index (χ3n) is 2.64. The Morgan fingerprint density at radius 1 is 1.54 bits per heavy atom. The monoisotopic (exact) mass is 204 g/mol. The van der Waals surface area contributed by atoms with Crippen molar-refractivity contribution in [1.29, 1.82) is 0 Å². The van der Waals surface area contributed by atoms with Crippen LogP contribution < -0.4 is 0 Å². The van der Waals surface area contributed by atoms with Crippen molar-refractivity contribution in [3.8, 4) is 0 Å². The summed E-state index contributed by atoms with van der Waals surface area (Å²) in [6, 6.07) is 0. The minimum Gasteiger partial charge on any atom is -0.378 e. The van der Waals surface area contributed by atoms with E-state index in [-0.39, 0.29) is 5.38 Å². The first-order valence-corrected chi connectivity index (χ1v) is 5.69. The maximum absolute atomic E-state index is 6.01. The molecule has 0 radical (unpaired) electrons. The van der Waals surface area contributed by atoms with Gasteiger partial charge >= 0.3 is 0 Å². The highest BCUT2D eigenvalue weighted by atomic mass is 35.5. The predicted octanol–water partition coefficient (Wildman–Crippen LogP) is 3.60. The third-order valence-corrected chi connectivity index (χ3v) is 2.79. The van der Waals surface area contributed by atoms with E-state index >= 15 is 0 Å². The Labute approximate surface area is 86.8 Å². The van der Waals surface area contributed by atoms with Crippen LogP contribution in [0.3, 0.4) is 0 Å². The first-order chi connectivity index (χ1) is 5.99. The number of rotatable bonds is 4. The van der Waals surface area contributed by atoms with Gasteiger partial charge in [0.05, 0.1) is 6.10 Å². The molecule has 1 aliphatic rings. The highest BCUT2D eigenvalue weighted by Crippen LogP contribution is 2.33. The average molecular weight is 205 g/mol. The molecule has 0 amide bonds. The lowest BCUT2D eigenvalue weighted by molar-refractivity contribution is 0.0690. The number of ether oxygens (including phenoxy) is 1. The molecule has 13 heavy (non-hydrogen) atoms. The normalized spacial score (nSPS) is 26.3. The predicted molar refractivity (Wildman–Crippen MR) is 57.3 cm³/mol. The number of hydrogen-bond donors (Lipinski definition) is 0. The van der Waals surface area contributed by atoms with Crippen LogP contribution in [0.5, 0.6) is 0 Å². The first kappa shape index (κ1) is 11.3. The fourth-order valence-corrected chi connectivity index (χ4v) is 2.68. The van der Waals surface area contributed by atoms with E-state index < -0.39 is 0 Å². The lowest BCUT2D eigenvalue weighted by Gasteiger charge is -2.28. The Bertz CT molecular complexity index is 148. The molecule has 0 spiro atoms. The van der Waals surface area contributed by atoms with Gasteiger partial charge in [0.15, 0.2) is 0 Å². The zero-order valence-corrected chi connectivity index (χ0v) is 9.73. The Hall–Kier alpha value is 0.250. The summed E-state index contributed by atoms with van der Waals surface area (Å²) in [5, 5.41) is 0.274. The molecular formula is C11H21ClO. The molecule has 2 heteroatoms. The van der Waals surface area contributed by atoms with E-state index in [1.54, 1.807) is 0 Å². The SMILES string of the molecule is CC(Cl)CC(C)(C)CC1CCCO1. The lowest BCUT2D eigenvalue weighted by atomic mass is 9.82. The summed E-state index contributed by atoms with van der Waals surface area (Å²) in [6.07, 6.45) is 5.20. The molecule has 0 aromatic carbocycles. The molecule has 1 fully saturated rings. The third kappa shape index (κ3) is 4.33. The van der Waals surface area contributed by atoms with Gasteiger partial charge in [-0.1, -0.05) is 13.8 Å². The van der Waals surface area contributed by atoms with E-state index in [1.165, 1.54) is 12.8 Å². The quantitative estimate of drug-likeness (QED) is 0.636. The Kier molecular flexibility index (Phi) is 4.06. The summed E-state index contributed by atoms with van der Waals surface area (Å²) in [7, 11) is 0. The molecule has 78 valence electrons. The van der Waals surface area contributed by atoms with E-state index in [0.717, 1.165) is 19.4 Å². The summed E-state index contributed by atoms with van der Waals surface area (Å²) < 4.78 is 5.63. The van der Waals surface area contributed by atoms with Crippen LogP contribution in [0.1, 0.15) is 46.5 Å². The van der Waals surface area contributed by atoms with Crippen LogP contribution in [0, 0.1) is 5.41 Å². The molecule has 0 aromatic rings. The molecule has 1 heterocycles. The van der Waals surface area contributed by atoms with Gasteiger partial charge in [-0.2, -0.15) is 0 Å². The van der Waals surface area contributed by atoms with Gasteiger partial charge in [-0.3, -0.25) is 0 Å². The first-order valence-electron chi connectivity index (χ1n) is 5.25. The van der Waals surface area contributed by atoms with Crippen LogP contribution in [0.15, 0.2) is 0 Å².